The number of amides is 2. The fourth-order valence-corrected chi connectivity index (χ4v) is 1.90. The van der Waals surface area contributed by atoms with E-state index in [1.54, 1.807) is 31.3 Å². The lowest BCUT2D eigenvalue weighted by Crippen LogP contribution is -2.47. The number of carboxylic acids is 1. The van der Waals surface area contributed by atoms with Gasteiger partial charge >= 0.3 is 12.0 Å². The van der Waals surface area contributed by atoms with E-state index in [2.05, 4.69) is 5.32 Å². The molecule has 3 N–H and O–H groups in total. The van der Waals surface area contributed by atoms with Gasteiger partial charge in [-0.15, -0.1) is 0 Å². The molecule has 0 saturated heterocycles. The number of urea groups is 1. The van der Waals surface area contributed by atoms with E-state index in [9.17, 15) is 9.59 Å². The predicted molar refractivity (Wildman–Crippen MR) is 79.3 cm³/mol. The van der Waals surface area contributed by atoms with Gasteiger partial charge < -0.3 is 20.4 Å². The topological polar surface area (TPSA) is 89.9 Å². The number of aliphatic carboxylic acids is 1. The Morgan fingerprint density at radius 2 is 1.90 bits per heavy atom. The third kappa shape index (κ3) is 4.91. The summed E-state index contributed by atoms with van der Waals surface area (Å²) in [5.74, 6) is -1.18. The molecule has 0 spiro atoms. The summed E-state index contributed by atoms with van der Waals surface area (Å²) >= 11 is 5.82. The molecule has 0 radical (unpaired) electrons. The third-order valence-corrected chi connectivity index (χ3v) is 3.52. The van der Waals surface area contributed by atoms with E-state index in [0.717, 1.165) is 5.56 Å². The number of rotatable bonds is 6. The molecule has 0 heterocycles. The quantitative estimate of drug-likeness (QED) is 0.748. The Hall–Kier alpha value is -1.79. The highest BCUT2D eigenvalue weighted by Crippen LogP contribution is 2.20. The van der Waals surface area contributed by atoms with Crippen molar-refractivity contribution in [3.05, 3.63) is 34.9 Å². The van der Waals surface area contributed by atoms with Crippen molar-refractivity contribution in [1.82, 2.24) is 10.2 Å². The van der Waals surface area contributed by atoms with Crippen LogP contribution >= 0.6 is 11.6 Å². The summed E-state index contributed by atoms with van der Waals surface area (Å²) in [4.78, 5) is 24.4. The largest absolute Gasteiger partial charge is 0.480 e. The Morgan fingerprint density at radius 3 is 2.38 bits per heavy atom. The molecule has 2 atom stereocenters. The van der Waals surface area contributed by atoms with E-state index >= 15 is 0 Å². The zero-order chi connectivity index (χ0) is 16.0. The first kappa shape index (κ1) is 17.3. The lowest BCUT2D eigenvalue weighted by Gasteiger charge is -2.27. The third-order valence-electron chi connectivity index (χ3n) is 3.27. The Bertz CT molecular complexity index is 492. The van der Waals surface area contributed by atoms with Crippen molar-refractivity contribution in [1.29, 1.82) is 0 Å². The van der Waals surface area contributed by atoms with Crippen LogP contribution in [-0.4, -0.2) is 46.8 Å². The highest BCUT2D eigenvalue weighted by molar-refractivity contribution is 6.30. The van der Waals surface area contributed by atoms with Gasteiger partial charge in [-0.3, -0.25) is 0 Å². The summed E-state index contributed by atoms with van der Waals surface area (Å²) in [6.45, 7) is 1.51. The zero-order valence-electron chi connectivity index (χ0n) is 11.9. The standard InChI is InChI=1S/C14H19ClN2O4/c1-9(10-3-5-11(15)6-4-10)17(2)14(21)16-12(7-8-18)13(19)20/h3-6,9,12,18H,7-8H2,1-2H3,(H,16,21)(H,19,20). The Labute approximate surface area is 128 Å². The average Bonchev–Trinajstić information content (AvgIpc) is 2.45. The molecule has 1 aromatic carbocycles. The molecule has 0 fully saturated rings. The Balaban J connectivity index is 2.72. The molecule has 0 bridgehead atoms. The van der Waals surface area contributed by atoms with Crippen molar-refractivity contribution in [3.63, 3.8) is 0 Å². The van der Waals surface area contributed by atoms with E-state index in [-0.39, 0.29) is 19.1 Å². The van der Waals surface area contributed by atoms with Crippen LogP contribution in [-0.2, 0) is 4.79 Å². The number of benzene rings is 1. The average molecular weight is 315 g/mol. The van der Waals surface area contributed by atoms with Crippen LogP contribution in [0.1, 0.15) is 24.9 Å². The highest BCUT2D eigenvalue weighted by Gasteiger charge is 2.23. The van der Waals surface area contributed by atoms with E-state index in [0.29, 0.717) is 5.02 Å². The molecule has 21 heavy (non-hydrogen) atoms. The molecular weight excluding hydrogens is 296 g/mol. The van der Waals surface area contributed by atoms with Crippen molar-refractivity contribution < 1.29 is 19.8 Å². The summed E-state index contributed by atoms with van der Waals surface area (Å²) < 4.78 is 0. The van der Waals surface area contributed by atoms with Crippen LogP contribution in [0.2, 0.25) is 5.02 Å². The fourth-order valence-electron chi connectivity index (χ4n) is 1.78. The molecule has 116 valence electrons. The minimum atomic E-state index is -1.18. The van der Waals surface area contributed by atoms with Crippen LogP contribution in [0, 0.1) is 0 Å². The lowest BCUT2D eigenvalue weighted by molar-refractivity contribution is -0.139. The van der Waals surface area contributed by atoms with E-state index < -0.39 is 18.0 Å². The van der Waals surface area contributed by atoms with Gasteiger partial charge in [0.1, 0.15) is 6.04 Å². The molecule has 6 nitrogen and oxygen atoms in total. The summed E-state index contributed by atoms with van der Waals surface area (Å²) in [7, 11) is 1.58. The number of aliphatic hydroxyl groups is 1. The minimum absolute atomic E-state index is 0.0375. The maximum Gasteiger partial charge on any atom is 0.326 e. The van der Waals surface area contributed by atoms with Gasteiger partial charge in [0, 0.05) is 25.1 Å². The lowest BCUT2D eigenvalue weighted by atomic mass is 10.1. The van der Waals surface area contributed by atoms with Crippen LogP contribution in [0.3, 0.4) is 0 Å². The molecule has 7 heteroatoms. The molecule has 0 aliphatic heterocycles. The molecule has 0 aliphatic rings. The van der Waals surface area contributed by atoms with Crippen LogP contribution in [0.5, 0.6) is 0 Å². The molecule has 2 amide bonds. The van der Waals surface area contributed by atoms with Gasteiger partial charge in [0.05, 0.1) is 6.04 Å². The van der Waals surface area contributed by atoms with Gasteiger partial charge in [-0.25, -0.2) is 9.59 Å². The van der Waals surface area contributed by atoms with Crippen molar-refractivity contribution in [2.24, 2.45) is 0 Å². The SMILES string of the molecule is CC(c1ccc(Cl)cc1)N(C)C(=O)NC(CCO)C(=O)O. The summed E-state index contributed by atoms with van der Waals surface area (Å²) in [5.41, 5.74) is 0.881. The monoisotopic (exact) mass is 314 g/mol. The second-order valence-electron chi connectivity index (χ2n) is 4.69. The van der Waals surface area contributed by atoms with Crippen LogP contribution in [0.15, 0.2) is 24.3 Å². The number of nitrogens with zero attached hydrogens (tertiary/aromatic N) is 1. The van der Waals surface area contributed by atoms with Gasteiger partial charge in [0.15, 0.2) is 0 Å². The van der Waals surface area contributed by atoms with E-state index in [4.69, 9.17) is 21.8 Å². The van der Waals surface area contributed by atoms with E-state index in [1.807, 2.05) is 6.92 Å². The Kier molecular flexibility index (Phi) is 6.45. The van der Waals surface area contributed by atoms with Crippen LogP contribution in [0.25, 0.3) is 0 Å². The molecule has 2 unspecified atom stereocenters. The van der Waals surface area contributed by atoms with Crippen LogP contribution < -0.4 is 5.32 Å². The maximum atomic E-state index is 12.1. The molecule has 0 saturated carbocycles. The maximum absolute atomic E-state index is 12.1. The summed E-state index contributed by atoms with van der Waals surface area (Å²) in [6.07, 6.45) is -0.0375. The molecular formula is C14H19ClN2O4. The number of carbonyl (C=O) groups excluding carboxylic acids is 1. The summed E-state index contributed by atoms with van der Waals surface area (Å²) in [6, 6.07) is 5.19. The molecule has 0 aliphatic carbocycles. The van der Waals surface area contributed by atoms with Crippen molar-refractivity contribution in [2.75, 3.05) is 13.7 Å². The first-order chi connectivity index (χ1) is 9.86. The minimum Gasteiger partial charge on any atom is -0.480 e. The number of halogens is 1. The van der Waals surface area contributed by atoms with Crippen molar-refractivity contribution in [3.8, 4) is 0 Å². The summed E-state index contributed by atoms with van der Waals surface area (Å²) in [5, 5.41) is 20.8. The zero-order valence-corrected chi connectivity index (χ0v) is 12.7. The fraction of sp³-hybridized carbons (Fsp3) is 0.429. The van der Waals surface area contributed by atoms with Gasteiger partial charge in [0.2, 0.25) is 0 Å². The molecule has 0 aromatic heterocycles. The van der Waals surface area contributed by atoms with Crippen LogP contribution in [0.4, 0.5) is 4.79 Å². The first-order valence-corrected chi connectivity index (χ1v) is 6.87. The molecule has 1 aromatic rings. The van der Waals surface area contributed by atoms with Gasteiger partial charge in [0.25, 0.3) is 0 Å². The second kappa shape index (κ2) is 7.85. The number of carboxylic acid groups (broad SMARTS) is 1. The smallest absolute Gasteiger partial charge is 0.326 e. The number of aliphatic hydroxyl groups excluding tert-OH is 1. The van der Waals surface area contributed by atoms with Gasteiger partial charge in [-0.2, -0.15) is 0 Å². The second-order valence-corrected chi connectivity index (χ2v) is 5.13. The van der Waals surface area contributed by atoms with Crippen molar-refractivity contribution in [2.45, 2.75) is 25.4 Å². The number of nitrogens with one attached hydrogen (secondary N) is 1. The number of hydrogen-bond acceptors (Lipinski definition) is 3. The first-order valence-electron chi connectivity index (χ1n) is 6.49. The highest BCUT2D eigenvalue weighted by atomic mass is 35.5. The molecule has 1 rings (SSSR count). The van der Waals surface area contributed by atoms with Gasteiger partial charge in [-0.1, -0.05) is 23.7 Å². The predicted octanol–water partition coefficient (Wildman–Crippen LogP) is 1.88. The normalized spacial score (nSPS) is 13.3. The Morgan fingerprint density at radius 1 is 1.33 bits per heavy atom. The van der Waals surface area contributed by atoms with Gasteiger partial charge in [-0.05, 0) is 24.6 Å². The number of carbonyl (C=O) groups is 2. The van der Waals surface area contributed by atoms with E-state index in [1.165, 1.54) is 4.90 Å². The number of hydrogen-bond donors (Lipinski definition) is 3. The van der Waals surface area contributed by atoms with Crippen molar-refractivity contribution >= 4 is 23.6 Å².